The maximum Gasteiger partial charge on any atom is 0.268 e. The maximum absolute atomic E-state index is 12.3. The van der Waals surface area contributed by atoms with Crippen molar-refractivity contribution in [3.63, 3.8) is 0 Å². The average Bonchev–Trinajstić information content (AvgIpc) is 3.08. The summed E-state index contributed by atoms with van der Waals surface area (Å²) >= 11 is 0. The van der Waals surface area contributed by atoms with Crippen molar-refractivity contribution in [1.82, 2.24) is 10.3 Å². The van der Waals surface area contributed by atoms with Crippen LogP contribution in [0.3, 0.4) is 0 Å². The number of amides is 1. The van der Waals surface area contributed by atoms with Crippen LogP contribution in [0.1, 0.15) is 33.7 Å². The molecule has 1 aliphatic rings. The number of aliphatic hydroxyl groups excluding tert-OH is 1. The first-order valence-electron chi connectivity index (χ1n) is 7.61. The third-order valence-electron chi connectivity index (χ3n) is 3.83. The molecule has 0 saturated heterocycles. The summed E-state index contributed by atoms with van der Waals surface area (Å²) in [5, 5.41) is 12.3. The number of hydrogen-bond donors (Lipinski definition) is 3. The normalized spacial score (nSPS) is 17.9. The number of aromatic nitrogens is 1. The SMILES string of the molecule is COCCC(=O)c1c[nH]c(C(=O)N[C@H](CO)C2C=CC=CC2)c1. The van der Waals surface area contributed by atoms with Crippen LogP contribution >= 0.6 is 0 Å². The summed E-state index contributed by atoms with van der Waals surface area (Å²) in [5.41, 5.74) is 0.757. The van der Waals surface area contributed by atoms with Crippen molar-refractivity contribution < 1.29 is 19.4 Å². The molecule has 1 aromatic rings. The molecule has 1 heterocycles. The fraction of sp³-hybridized carbons (Fsp3) is 0.412. The van der Waals surface area contributed by atoms with Crippen LogP contribution in [0.5, 0.6) is 0 Å². The Kier molecular flexibility index (Phi) is 6.31. The lowest BCUT2D eigenvalue weighted by Crippen LogP contribution is -2.42. The van der Waals surface area contributed by atoms with Gasteiger partial charge >= 0.3 is 0 Å². The highest BCUT2D eigenvalue weighted by atomic mass is 16.5. The van der Waals surface area contributed by atoms with Crippen LogP contribution < -0.4 is 5.32 Å². The molecule has 1 aliphatic carbocycles. The predicted octanol–water partition coefficient (Wildman–Crippen LogP) is 1.46. The van der Waals surface area contributed by atoms with Gasteiger partial charge in [0.1, 0.15) is 5.69 Å². The van der Waals surface area contributed by atoms with E-state index < -0.39 is 0 Å². The minimum Gasteiger partial charge on any atom is -0.394 e. The van der Waals surface area contributed by atoms with Crippen molar-refractivity contribution in [2.75, 3.05) is 20.3 Å². The minimum absolute atomic E-state index is 0.0618. The zero-order valence-electron chi connectivity index (χ0n) is 13.1. The topological polar surface area (TPSA) is 91.4 Å². The van der Waals surface area contributed by atoms with E-state index in [9.17, 15) is 14.7 Å². The van der Waals surface area contributed by atoms with Crippen molar-refractivity contribution in [3.05, 3.63) is 47.8 Å². The molecule has 0 aromatic carbocycles. The molecule has 0 saturated carbocycles. The van der Waals surface area contributed by atoms with E-state index in [1.54, 1.807) is 0 Å². The molecule has 1 unspecified atom stereocenters. The van der Waals surface area contributed by atoms with Gasteiger partial charge in [-0.2, -0.15) is 0 Å². The molecular weight excluding hydrogens is 296 g/mol. The lowest BCUT2D eigenvalue weighted by molar-refractivity contribution is 0.0895. The molecule has 124 valence electrons. The number of aromatic amines is 1. The molecule has 0 spiro atoms. The van der Waals surface area contributed by atoms with Gasteiger partial charge in [-0.15, -0.1) is 0 Å². The number of carbonyl (C=O) groups excluding carboxylic acids is 2. The van der Waals surface area contributed by atoms with E-state index >= 15 is 0 Å². The maximum atomic E-state index is 12.3. The number of Topliss-reactive ketones (excluding diaryl/α,β-unsaturated/α-hetero) is 1. The van der Waals surface area contributed by atoms with Gasteiger partial charge in [-0.25, -0.2) is 0 Å². The average molecular weight is 318 g/mol. The molecule has 0 bridgehead atoms. The Morgan fingerprint density at radius 1 is 1.48 bits per heavy atom. The molecule has 6 heteroatoms. The van der Waals surface area contributed by atoms with Crippen LogP contribution in [-0.4, -0.2) is 48.1 Å². The van der Waals surface area contributed by atoms with Crippen LogP contribution in [0.2, 0.25) is 0 Å². The Labute approximate surface area is 135 Å². The van der Waals surface area contributed by atoms with Gasteiger partial charge in [0.25, 0.3) is 5.91 Å². The fourth-order valence-electron chi connectivity index (χ4n) is 2.46. The van der Waals surface area contributed by atoms with Crippen LogP contribution in [0, 0.1) is 5.92 Å². The molecule has 2 rings (SSSR count). The first kappa shape index (κ1) is 17.2. The van der Waals surface area contributed by atoms with Gasteiger partial charge in [-0.3, -0.25) is 9.59 Å². The number of ether oxygens (including phenoxy) is 1. The molecule has 0 fully saturated rings. The Morgan fingerprint density at radius 2 is 2.30 bits per heavy atom. The summed E-state index contributed by atoms with van der Waals surface area (Å²) in [6.07, 6.45) is 10.4. The number of aliphatic hydroxyl groups is 1. The highest BCUT2D eigenvalue weighted by molar-refractivity contribution is 6.00. The van der Waals surface area contributed by atoms with E-state index in [2.05, 4.69) is 10.3 Å². The third kappa shape index (κ3) is 4.64. The second kappa shape index (κ2) is 8.45. The molecule has 1 amide bonds. The van der Waals surface area contributed by atoms with Gasteiger partial charge in [-0.05, 0) is 12.5 Å². The van der Waals surface area contributed by atoms with Crippen molar-refractivity contribution in [2.45, 2.75) is 18.9 Å². The molecule has 23 heavy (non-hydrogen) atoms. The monoisotopic (exact) mass is 318 g/mol. The summed E-state index contributed by atoms with van der Waals surface area (Å²) in [6.45, 7) is 0.203. The zero-order valence-corrected chi connectivity index (χ0v) is 13.1. The first-order valence-corrected chi connectivity index (χ1v) is 7.61. The predicted molar refractivity (Wildman–Crippen MR) is 86.3 cm³/mol. The molecule has 2 atom stereocenters. The second-order valence-electron chi connectivity index (χ2n) is 5.44. The summed E-state index contributed by atoms with van der Waals surface area (Å²) < 4.78 is 4.87. The molecular formula is C17H22N2O4. The molecule has 1 aromatic heterocycles. The highest BCUT2D eigenvalue weighted by Gasteiger charge is 2.22. The summed E-state index contributed by atoms with van der Waals surface area (Å²) in [6, 6.07) is 1.16. The second-order valence-corrected chi connectivity index (χ2v) is 5.44. The number of hydrogen-bond acceptors (Lipinski definition) is 4. The Bertz CT molecular complexity index is 603. The van der Waals surface area contributed by atoms with Crippen LogP contribution in [0.15, 0.2) is 36.6 Å². The van der Waals surface area contributed by atoms with Gasteiger partial charge < -0.3 is 20.1 Å². The van der Waals surface area contributed by atoms with Gasteiger partial charge in [0.15, 0.2) is 5.78 Å². The smallest absolute Gasteiger partial charge is 0.268 e. The van der Waals surface area contributed by atoms with Gasteiger partial charge in [-0.1, -0.05) is 24.3 Å². The number of methoxy groups -OCH3 is 1. The number of H-pyrrole nitrogens is 1. The Hall–Kier alpha value is -2.18. The summed E-state index contributed by atoms with van der Waals surface area (Å²) in [4.78, 5) is 27.0. The van der Waals surface area contributed by atoms with Crippen LogP contribution in [0.25, 0.3) is 0 Å². The summed E-state index contributed by atoms with van der Waals surface area (Å²) in [7, 11) is 1.53. The van der Waals surface area contributed by atoms with Crippen molar-refractivity contribution >= 4 is 11.7 Å². The van der Waals surface area contributed by atoms with E-state index in [0.29, 0.717) is 17.9 Å². The lowest BCUT2D eigenvalue weighted by atomic mass is 9.93. The highest BCUT2D eigenvalue weighted by Crippen LogP contribution is 2.16. The van der Waals surface area contributed by atoms with E-state index in [1.807, 2.05) is 24.3 Å². The number of ketones is 1. The lowest BCUT2D eigenvalue weighted by Gasteiger charge is -2.24. The number of carbonyl (C=O) groups is 2. The molecule has 0 radical (unpaired) electrons. The number of nitrogens with one attached hydrogen (secondary N) is 2. The van der Waals surface area contributed by atoms with Crippen molar-refractivity contribution in [1.29, 1.82) is 0 Å². The largest absolute Gasteiger partial charge is 0.394 e. The van der Waals surface area contributed by atoms with Gasteiger partial charge in [0, 0.05) is 31.2 Å². The third-order valence-corrected chi connectivity index (χ3v) is 3.83. The van der Waals surface area contributed by atoms with Crippen molar-refractivity contribution in [2.24, 2.45) is 5.92 Å². The Morgan fingerprint density at radius 3 is 2.96 bits per heavy atom. The van der Waals surface area contributed by atoms with Gasteiger partial charge in [0.05, 0.1) is 19.3 Å². The van der Waals surface area contributed by atoms with E-state index in [-0.39, 0.29) is 36.7 Å². The molecule has 6 nitrogen and oxygen atoms in total. The number of allylic oxidation sites excluding steroid dienone is 3. The summed E-state index contributed by atoms with van der Waals surface area (Å²) in [5.74, 6) is -0.356. The minimum atomic E-state index is -0.361. The quantitative estimate of drug-likeness (QED) is 0.633. The molecule has 3 N–H and O–H groups in total. The first-order chi connectivity index (χ1) is 11.2. The standard InChI is InChI=1S/C17H22N2O4/c1-23-8-7-16(21)13-9-14(18-10-13)17(22)19-15(11-20)12-5-3-2-4-6-12/h2-5,9-10,12,15,18,20H,6-8,11H2,1H3,(H,19,22)/t12?,15-/m1/s1. The Balaban J connectivity index is 1.97. The van der Waals surface area contributed by atoms with E-state index in [4.69, 9.17) is 4.74 Å². The van der Waals surface area contributed by atoms with Gasteiger partial charge in [0.2, 0.25) is 0 Å². The fourth-order valence-corrected chi connectivity index (χ4v) is 2.46. The van der Waals surface area contributed by atoms with E-state index in [0.717, 1.165) is 6.42 Å². The molecule has 0 aliphatic heterocycles. The zero-order chi connectivity index (χ0) is 16.7. The van der Waals surface area contributed by atoms with Crippen LogP contribution in [0.4, 0.5) is 0 Å². The van der Waals surface area contributed by atoms with Crippen molar-refractivity contribution in [3.8, 4) is 0 Å². The van der Waals surface area contributed by atoms with E-state index in [1.165, 1.54) is 19.4 Å². The van der Waals surface area contributed by atoms with Crippen LogP contribution in [-0.2, 0) is 4.74 Å². The number of rotatable bonds is 8.